The topological polar surface area (TPSA) is 82.1 Å². The third-order valence-electron chi connectivity index (χ3n) is 3.79. The van der Waals surface area contributed by atoms with Crippen molar-refractivity contribution in [2.75, 3.05) is 19.1 Å². The summed E-state index contributed by atoms with van der Waals surface area (Å²) in [5.41, 5.74) is -2.35. The lowest BCUT2D eigenvalue weighted by Gasteiger charge is -2.30. The third kappa shape index (κ3) is 3.42. The van der Waals surface area contributed by atoms with Crippen LogP contribution in [0, 0.1) is 3.57 Å². The highest BCUT2D eigenvalue weighted by molar-refractivity contribution is 14.1. The largest absolute Gasteiger partial charge is 0.510 e. The van der Waals surface area contributed by atoms with Gasteiger partial charge in [-0.2, -0.15) is 0 Å². The fourth-order valence-electron chi connectivity index (χ4n) is 2.66. The van der Waals surface area contributed by atoms with Gasteiger partial charge in [-0.15, -0.1) is 0 Å². The molecule has 0 aromatic heterocycles. The summed E-state index contributed by atoms with van der Waals surface area (Å²) in [6.45, 7) is 8.67. The number of halogens is 1. The van der Waals surface area contributed by atoms with Crippen molar-refractivity contribution in [2.24, 2.45) is 0 Å². The van der Waals surface area contributed by atoms with Crippen LogP contribution in [0.1, 0.15) is 26.3 Å². The number of esters is 1. The van der Waals surface area contributed by atoms with Crippen LogP contribution in [0.15, 0.2) is 30.4 Å². The number of hydrogen-bond donors (Lipinski definition) is 0. The van der Waals surface area contributed by atoms with Crippen LogP contribution in [0.25, 0.3) is 0 Å². The summed E-state index contributed by atoms with van der Waals surface area (Å²) in [7, 11) is 2.69. The number of anilines is 1. The van der Waals surface area contributed by atoms with Crippen LogP contribution in [0.2, 0.25) is 0 Å². The number of carbonyl (C=O) groups excluding carboxylic acids is 3. The van der Waals surface area contributed by atoms with E-state index in [1.54, 1.807) is 39.0 Å². The summed E-state index contributed by atoms with van der Waals surface area (Å²) in [6.07, 6.45) is -1.09. The molecule has 1 atom stereocenters. The van der Waals surface area contributed by atoms with Gasteiger partial charge in [-0.05, 0) is 61.6 Å². The molecule has 1 aliphatic heterocycles. The minimum Gasteiger partial charge on any atom is -0.466 e. The van der Waals surface area contributed by atoms with E-state index < -0.39 is 29.2 Å². The quantitative estimate of drug-likeness (QED) is 0.381. The Balaban J connectivity index is 2.65. The predicted octanol–water partition coefficient (Wildman–Crippen LogP) is 3.14. The molecule has 26 heavy (non-hydrogen) atoms. The number of fused-ring (bicyclic) bond motifs is 1. The molecule has 1 heterocycles. The zero-order valence-electron chi connectivity index (χ0n) is 15.2. The lowest BCUT2D eigenvalue weighted by atomic mass is 9.87. The molecule has 1 aromatic rings. The molecule has 0 saturated carbocycles. The Morgan fingerprint density at radius 1 is 1.27 bits per heavy atom. The fourth-order valence-corrected chi connectivity index (χ4v) is 3.15. The molecule has 2 rings (SSSR count). The van der Waals surface area contributed by atoms with Gasteiger partial charge in [0, 0.05) is 16.2 Å². The number of rotatable bonds is 3. The highest BCUT2D eigenvalue weighted by Crippen LogP contribution is 2.47. The maximum absolute atomic E-state index is 13.1. The summed E-state index contributed by atoms with van der Waals surface area (Å²) < 4.78 is 16.2. The van der Waals surface area contributed by atoms with Crippen molar-refractivity contribution in [3.63, 3.8) is 0 Å². The number of amides is 1. The Kier molecular flexibility index (Phi) is 5.36. The van der Waals surface area contributed by atoms with Crippen LogP contribution in [-0.2, 0) is 29.4 Å². The molecule has 1 aliphatic rings. The lowest BCUT2D eigenvalue weighted by molar-refractivity contribution is -0.146. The smallest absolute Gasteiger partial charge is 0.466 e. The van der Waals surface area contributed by atoms with E-state index >= 15 is 0 Å². The highest BCUT2D eigenvalue weighted by Gasteiger charge is 2.58. The molecule has 1 unspecified atom stereocenters. The standard InChI is InChI=1S/C18H20INO6/c1-10(14(21)24-6)18(26-16(23)25-17(2,3)4)12-9-11(19)7-8-13(12)20(5)15(18)22/h7-9H,1H2,2-6H3. The molecule has 0 N–H and O–H groups in total. The van der Waals surface area contributed by atoms with Crippen molar-refractivity contribution in [3.05, 3.63) is 39.5 Å². The van der Waals surface area contributed by atoms with Gasteiger partial charge in [0.1, 0.15) is 5.60 Å². The Bertz CT molecular complexity index is 797. The first-order chi connectivity index (χ1) is 11.9. The average Bonchev–Trinajstić information content (AvgIpc) is 2.74. The van der Waals surface area contributed by atoms with Crippen LogP contribution >= 0.6 is 22.6 Å². The number of ether oxygens (including phenoxy) is 3. The zero-order valence-corrected chi connectivity index (χ0v) is 17.4. The van der Waals surface area contributed by atoms with E-state index in [0.29, 0.717) is 11.3 Å². The lowest BCUT2D eigenvalue weighted by Crippen LogP contribution is -2.46. The maximum Gasteiger partial charge on any atom is 0.510 e. The highest BCUT2D eigenvalue weighted by atomic mass is 127. The molecule has 140 valence electrons. The van der Waals surface area contributed by atoms with E-state index in [1.807, 2.05) is 0 Å². The fraction of sp³-hybridized carbons (Fsp3) is 0.389. The number of benzene rings is 1. The van der Waals surface area contributed by atoms with Gasteiger partial charge in [0.05, 0.1) is 18.4 Å². The SMILES string of the molecule is C=C(C(=O)OC)C1(OC(=O)OC(C)(C)C)C(=O)N(C)c2ccc(I)cc21. The van der Waals surface area contributed by atoms with Gasteiger partial charge in [-0.3, -0.25) is 4.79 Å². The predicted molar refractivity (Wildman–Crippen MR) is 103 cm³/mol. The summed E-state index contributed by atoms with van der Waals surface area (Å²) in [6, 6.07) is 5.17. The van der Waals surface area contributed by atoms with E-state index in [9.17, 15) is 14.4 Å². The van der Waals surface area contributed by atoms with Crippen LogP contribution in [0.5, 0.6) is 0 Å². The summed E-state index contributed by atoms with van der Waals surface area (Å²) in [5, 5.41) is 0. The Hall–Kier alpha value is -2.10. The van der Waals surface area contributed by atoms with E-state index in [4.69, 9.17) is 14.2 Å². The van der Waals surface area contributed by atoms with Crippen LogP contribution in [0.3, 0.4) is 0 Å². The number of nitrogens with zero attached hydrogens (tertiary/aromatic N) is 1. The van der Waals surface area contributed by atoms with Crippen LogP contribution < -0.4 is 4.90 Å². The van der Waals surface area contributed by atoms with E-state index in [-0.39, 0.29) is 5.57 Å². The molecule has 7 nitrogen and oxygen atoms in total. The van der Waals surface area contributed by atoms with Crippen LogP contribution in [-0.4, -0.2) is 37.8 Å². The van der Waals surface area contributed by atoms with Gasteiger partial charge in [-0.25, -0.2) is 9.59 Å². The molecule has 0 fully saturated rings. The second-order valence-electron chi connectivity index (χ2n) is 6.74. The van der Waals surface area contributed by atoms with Gasteiger partial charge < -0.3 is 19.1 Å². The molecule has 0 bridgehead atoms. The second-order valence-corrected chi connectivity index (χ2v) is 7.99. The van der Waals surface area contributed by atoms with Crippen molar-refractivity contribution in [3.8, 4) is 0 Å². The number of methoxy groups -OCH3 is 1. The number of carbonyl (C=O) groups is 3. The average molecular weight is 473 g/mol. The molecule has 0 radical (unpaired) electrons. The summed E-state index contributed by atoms with van der Waals surface area (Å²) in [4.78, 5) is 39.0. The Labute approximate surface area is 165 Å². The second kappa shape index (κ2) is 6.90. The van der Waals surface area contributed by atoms with Gasteiger partial charge in [0.2, 0.25) is 0 Å². The van der Waals surface area contributed by atoms with Gasteiger partial charge in [0.25, 0.3) is 11.5 Å². The van der Waals surface area contributed by atoms with Crippen molar-refractivity contribution < 1.29 is 28.6 Å². The first-order valence-electron chi connectivity index (χ1n) is 7.72. The molecule has 8 heteroatoms. The molecule has 0 spiro atoms. The maximum atomic E-state index is 13.1. The minimum atomic E-state index is -2.04. The monoisotopic (exact) mass is 473 g/mol. The van der Waals surface area contributed by atoms with Crippen molar-refractivity contribution >= 4 is 46.3 Å². The molecule has 0 saturated heterocycles. The molecule has 1 amide bonds. The van der Waals surface area contributed by atoms with E-state index in [2.05, 4.69) is 29.2 Å². The Morgan fingerprint density at radius 3 is 2.42 bits per heavy atom. The van der Waals surface area contributed by atoms with Crippen molar-refractivity contribution in [1.29, 1.82) is 0 Å². The summed E-state index contributed by atoms with van der Waals surface area (Å²) >= 11 is 2.06. The van der Waals surface area contributed by atoms with Gasteiger partial charge in [0.15, 0.2) is 0 Å². The van der Waals surface area contributed by atoms with Crippen LogP contribution in [0.4, 0.5) is 10.5 Å². The first-order valence-corrected chi connectivity index (χ1v) is 8.79. The van der Waals surface area contributed by atoms with Crippen molar-refractivity contribution in [2.45, 2.75) is 32.0 Å². The first kappa shape index (κ1) is 20.2. The molecular weight excluding hydrogens is 453 g/mol. The minimum absolute atomic E-state index is 0.302. The Morgan fingerprint density at radius 2 is 1.88 bits per heavy atom. The zero-order chi connectivity index (χ0) is 19.9. The number of hydrogen-bond acceptors (Lipinski definition) is 6. The molecular formula is C18H20INO6. The molecule has 0 aliphatic carbocycles. The number of likely N-dealkylation sites (N-methyl/N-ethyl adjacent to an activating group) is 1. The normalized spacial score (nSPS) is 19.0. The van der Waals surface area contributed by atoms with Gasteiger partial charge >= 0.3 is 12.1 Å². The van der Waals surface area contributed by atoms with Gasteiger partial charge in [-0.1, -0.05) is 6.58 Å². The summed E-state index contributed by atoms with van der Waals surface area (Å²) in [5.74, 6) is -1.49. The molecule has 1 aromatic carbocycles. The van der Waals surface area contributed by atoms with E-state index in [1.165, 1.54) is 11.9 Å². The van der Waals surface area contributed by atoms with Crippen molar-refractivity contribution in [1.82, 2.24) is 0 Å². The van der Waals surface area contributed by atoms with E-state index in [0.717, 1.165) is 10.7 Å². The third-order valence-corrected chi connectivity index (χ3v) is 4.46.